The van der Waals surface area contributed by atoms with E-state index in [0.29, 0.717) is 0 Å². The van der Waals surface area contributed by atoms with Crippen molar-refractivity contribution < 1.29 is 4.79 Å². The van der Waals surface area contributed by atoms with E-state index in [1.165, 1.54) is 16.7 Å². The number of hydrogen-bond donors (Lipinski definition) is 1. The molecule has 0 radical (unpaired) electrons. The second kappa shape index (κ2) is 8.30. The molecule has 2 aromatic carbocycles. The van der Waals surface area contributed by atoms with Crippen LogP contribution < -0.4 is 5.32 Å². The van der Waals surface area contributed by atoms with E-state index in [4.69, 9.17) is 0 Å². The van der Waals surface area contributed by atoms with E-state index >= 15 is 0 Å². The summed E-state index contributed by atoms with van der Waals surface area (Å²) >= 11 is 0. The van der Waals surface area contributed by atoms with E-state index in [-0.39, 0.29) is 11.9 Å². The summed E-state index contributed by atoms with van der Waals surface area (Å²) in [5.41, 5.74) is 6.92. The predicted molar refractivity (Wildman–Crippen MR) is 106 cm³/mol. The van der Waals surface area contributed by atoms with Crippen LogP contribution in [-0.2, 0) is 17.8 Å². The third kappa shape index (κ3) is 4.93. The van der Waals surface area contributed by atoms with Crippen molar-refractivity contribution in [2.24, 2.45) is 0 Å². The number of carbonyl (C=O) groups is 1. The van der Waals surface area contributed by atoms with Crippen molar-refractivity contribution in [3.8, 4) is 0 Å². The van der Waals surface area contributed by atoms with Gasteiger partial charge in [0.1, 0.15) is 0 Å². The van der Waals surface area contributed by atoms with Crippen molar-refractivity contribution in [1.82, 2.24) is 4.90 Å². The van der Waals surface area contributed by atoms with Gasteiger partial charge >= 0.3 is 0 Å². The average Bonchev–Trinajstić information content (AvgIpc) is 2.57. The molecule has 1 amide bonds. The lowest BCUT2D eigenvalue weighted by molar-refractivity contribution is -0.120. The van der Waals surface area contributed by atoms with Crippen LogP contribution in [0.1, 0.15) is 41.7 Å². The summed E-state index contributed by atoms with van der Waals surface area (Å²) in [5, 5.41) is 3.11. The molecule has 3 nitrogen and oxygen atoms in total. The van der Waals surface area contributed by atoms with Gasteiger partial charge in [0, 0.05) is 12.2 Å². The van der Waals surface area contributed by atoms with Gasteiger partial charge in [-0.05, 0) is 63.4 Å². The van der Waals surface area contributed by atoms with Gasteiger partial charge in [-0.3, -0.25) is 9.69 Å². The maximum absolute atomic E-state index is 12.7. The number of benzene rings is 2. The standard InChI is InChI=1S/C22H30N2O/c1-7-19-8-10-20(11-9-19)14-24(6)18(5)22(25)23-21-16(3)12-15(2)13-17(21)4/h8-13,18H,7,14H2,1-6H3,(H,23,25)/t18-/m1/s1. The third-order valence-corrected chi connectivity index (χ3v) is 4.83. The van der Waals surface area contributed by atoms with Crippen LogP contribution in [-0.4, -0.2) is 23.9 Å². The third-order valence-electron chi connectivity index (χ3n) is 4.83. The van der Waals surface area contributed by atoms with Gasteiger partial charge in [-0.1, -0.05) is 48.9 Å². The molecule has 134 valence electrons. The van der Waals surface area contributed by atoms with E-state index < -0.39 is 0 Å². The van der Waals surface area contributed by atoms with E-state index in [0.717, 1.165) is 29.8 Å². The fourth-order valence-corrected chi connectivity index (χ4v) is 3.11. The molecule has 0 bridgehead atoms. The predicted octanol–water partition coefficient (Wildman–Crippen LogP) is 4.63. The Bertz CT molecular complexity index is 711. The number of nitrogens with one attached hydrogen (secondary N) is 1. The highest BCUT2D eigenvalue weighted by molar-refractivity contribution is 5.95. The molecular weight excluding hydrogens is 308 g/mol. The lowest BCUT2D eigenvalue weighted by atomic mass is 10.0. The van der Waals surface area contributed by atoms with Gasteiger partial charge in [-0.2, -0.15) is 0 Å². The molecule has 0 aliphatic heterocycles. The highest BCUT2D eigenvalue weighted by atomic mass is 16.2. The van der Waals surface area contributed by atoms with Gasteiger partial charge in [-0.15, -0.1) is 0 Å². The van der Waals surface area contributed by atoms with E-state index in [1.54, 1.807) is 0 Å². The quantitative estimate of drug-likeness (QED) is 0.832. The molecule has 0 aliphatic rings. The van der Waals surface area contributed by atoms with Crippen molar-refractivity contribution in [2.75, 3.05) is 12.4 Å². The van der Waals surface area contributed by atoms with Gasteiger partial charge < -0.3 is 5.32 Å². The van der Waals surface area contributed by atoms with Crippen molar-refractivity contribution in [1.29, 1.82) is 0 Å². The molecular formula is C22H30N2O. The second-order valence-corrected chi connectivity index (χ2v) is 7.02. The Balaban J connectivity index is 2.03. The van der Waals surface area contributed by atoms with Crippen molar-refractivity contribution in [2.45, 2.75) is 53.6 Å². The summed E-state index contributed by atoms with van der Waals surface area (Å²) in [6.45, 7) is 11.0. The first-order valence-electron chi connectivity index (χ1n) is 8.98. The van der Waals surface area contributed by atoms with Gasteiger partial charge in [0.15, 0.2) is 0 Å². The highest BCUT2D eigenvalue weighted by Crippen LogP contribution is 2.22. The van der Waals surface area contributed by atoms with Crippen LogP contribution in [0.3, 0.4) is 0 Å². The minimum Gasteiger partial charge on any atom is -0.324 e. The first-order valence-corrected chi connectivity index (χ1v) is 8.98. The smallest absolute Gasteiger partial charge is 0.241 e. The summed E-state index contributed by atoms with van der Waals surface area (Å²) in [6.07, 6.45) is 1.05. The molecule has 25 heavy (non-hydrogen) atoms. The van der Waals surface area contributed by atoms with Crippen molar-refractivity contribution >= 4 is 11.6 Å². The van der Waals surface area contributed by atoms with Gasteiger partial charge in [0.25, 0.3) is 0 Å². The monoisotopic (exact) mass is 338 g/mol. The Morgan fingerprint density at radius 1 is 1.04 bits per heavy atom. The van der Waals surface area contributed by atoms with E-state index in [2.05, 4.69) is 60.5 Å². The molecule has 0 aromatic heterocycles. The summed E-state index contributed by atoms with van der Waals surface area (Å²) in [5.74, 6) is 0.0303. The topological polar surface area (TPSA) is 32.3 Å². The molecule has 0 heterocycles. The van der Waals surface area contributed by atoms with Crippen LogP contribution in [0.25, 0.3) is 0 Å². The fourth-order valence-electron chi connectivity index (χ4n) is 3.11. The Hall–Kier alpha value is -2.13. The number of hydrogen-bond acceptors (Lipinski definition) is 2. The lowest BCUT2D eigenvalue weighted by Gasteiger charge is -2.25. The maximum atomic E-state index is 12.7. The van der Waals surface area contributed by atoms with Crippen LogP contribution in [0.4, 0.5) is 5.69 Å². The summed E-state index contributed by atoms with van der Waals surface area (Å²) in [7, 11) is 1.99. The molecule has 0 unspecified atom stereocenters. The van der Waals surface area contributed by atoms with Crippen molar-refractivity contribution in [3.05, 3.63) is 64.2 Å². The van der Waals surface area contributed by atoms with Crippen LogP contribution in [0.15, 0.2) is 36.4 Å². The Morgan fingerprint density at radius 3 is 2.08 bits per heavy atom. The van der Waals surface area contributed by atoms with Crippen LogP contribution in [0, 0.1) is 20.8 Å². The number of likely N-dealkylation sites (N-methyl/N-ethyl adjacent to an activating group) is 1. The number of anilines is 1. The molecule has 2 aromatic rings. The number of rotatable bonds is 6. The number of carbonyl (C=O) groups excluding carboxylic acids is 1. The Labute approximate surface area is 152 Å². The normalized spacial score (nSPS) is 12.3. The zero-order valence-electron chi connectivity index (χ0n) is 16.3. The minimum atomic E-state index is -0.203. The first kappa shape index (κ1) is 19.2. The lowest BCUT2D eigenvalue weighted by Crippen LogP contribution is -2.39. The Morgan fingerprint density at radius 2 is 1.56 bits per heavy atom. The number of amides is 1. The second-order valence-electron chi connectivity index (χ2n) is 7.02. The van der Waals surface area contributed by atoms with Gasteiger partial charge in [0.2, 0.25) is 5.91 Å². The van der Waals surface area contributed by atoms with E-state index in [1.807, 2.05) is 27.8 Å². The molecule has 0 spiro atoms. The number of aryl methyl sites for hydroxylation is 4. The molecule has 1 N–H and O–H groups in total. The van der Waals surface area contributed by atoms with Crippen LogP contribution in [0.2, 0.25) is 0 Å². The van der Waals surface area contributed by atoms with Gasteiger partial charge in [0.05, 0.1) is 6.04 Å². The molecule has 0 saturated heterocycles. The summed E-state index contributed by atoms with van der Waals surface area (Å²) in [4.78, 5) is 14.8. The molecule has 0 fully saturated rings. The SMILES string of the molecule is CCc1ccc(CN(C)[C@H](C)C(=O)Nc2c(C)cc(C)cc2C)cc1. The summed E-state index contributed by atoms with van der Waals surface area (Å²) in [6, 6.07) is 12.6. The Kier molecular flexibility index (Phi) is 6.38. The molecule has 1 atom stereocenters. The molecule has 3 heteroatoms. The zero-order valence-corrected chi connectivity index (χ0v) is 16.3. The molecule has 0 aliphatic carbocycles. The highest BCUT2D eigenvalue weighted by Gasteiger charge is 2.19. The largest absolute Gasteiger partial charge is 0.324 e. The molecule has 2 rings (SSSR count). The first-order chi connectivity index (χ1) is 11.8. The summed E-state index contributed by atoms with van der Waals surface area (Å²) < 4.78 is 0. The fraction of sp³-hybridized carbons (Fsp3) is 0.409. The molecule has 0 saturated carbocycles. The van der Waals surface area contributed by atoms with E-state index in [9.17, 15) is 4.79 Å². The minimum absolute atomic E-state index is 0.0303. The van der Waals surface area contributed by atoms with Gasteiger partial charge in [-0.25, -0.2) is 0 Å². The average molecular weight is 338 g/mol. The number of nitrogens with zero attached hydrogens (tertiary/aromatic N) is 1. The van der Waals surface area contributed by atoms with Crippen molar-refractivity contribution in [3.63, 3.8) is 0 Å². The zero-order chi connectivity index (χ0) is 18.6. The van der Waals surface area contributed by atoms with Crippen LogP contribution in [0.5, 0.6) is 0 Å². The maximum Gasteiger partial charge on any atom is 0.241 e. The van der Waals surface area contributed by atoms with Crippen LogP contribution >= 0.6 is 0 Å².